The number of aliphatic carboxylic acids is 1. The zero-order valence-electron chi connectivity index (χ0n) is 11.4. The highest BCUT2D eigenvalue weighted by atomic mass is 16.6. The van der Waals surface area contributed by atoms with E-state index < -0.39 is 22.2 Å². The molecule has 8 heteroatoms. The molecule has 0 saturated heterocycles. The molecule has 21 heavy (non-hydrogen) atoms. The van der Waals surface area contributed by atoms with Gasteiger partial charge in [0.15, 0.2) is 5.54 Å². The Balaban J connectivity index is 2.52. The van der Waals surface area contributed by atoms with Gasteiger partial charge < -0.3 is 20.0 Å². The number of nitro groups is 1. The third-order valence-corrected chi connectivity index (χ3v) is 3.34. The number of rotatable bonds is 5. The maximum Gasteiger partial charge on any atom is 0.381 e. The predicted molar refractivity (Wildman–Crippen MR) is 72.3 cm³/mol. The lowest BCUT2D eigenvalue weighted by Crippen LogP contribution is -2.39. The first kappa shape index (κ1) is 14.5. The Hall–Kier alpha value is -2.90. The van der Waals surface area contributed by atoms with E-state index in [-0.39, 0.29) is 0 Å². The van der Waals surface area contributed by atoms with Gasteiger partial charge in [-0.15, -0.1) is 0 Å². The molecule has 0 saturated carbocycles. The molecule has 0 aliphatic heterocycles. The minimum Gasteiger partial charge on any atom is -0.497 e. The van der Waals surface area contributed by atoms with Crippen LogP contribution in [0.15, 0.2) is 36.8 Å². The highest BCUT2D eigenvalue weighted by molar-refractivity contribution is 5.81. The molecule has 0 spiro atoms. The highest BCUT2D eigenvalue weighted by Crippen LogP contribution is 2.29. The number of nitrogens with zero attached hydrogens (tertiary/aromatic N) is 3. The largest absolute Gasteiger partial charge is 0.497 e. The number of hydrogen-bond acceptors (Lipinski definition) is 5. The quantitative estimate of drug-likeness (QED) is 0.663. The van der Waals surface area contributed by atoms with E-state index in [9.17, 15) is 20.0 Å². The molecule has 1 aromatic carbocycles. The molecule has 0 radical (unpaired) electrons. The zero-order valence-corrected chi connectivity index (χ0v) is 11.4. The van der Waals surface area contributed by atoms with Crippen LogP contribution in [0.1, 0.15) is 12.5 Å². The molecule has 0 aliphatic rings. The molecule has 0 unspecified atom stereocenters. The molecular weight excluding hydrogens is 278 g/mol. The summed E-state index contributed by atoms with van der Waals surface area (Å²) in [6.45, 7) is 1.45. The Bertz CT molecular complexity index is 679. The van der Waals surface area contributed by atoms with Crippen molar-refractivity contribution in [1.29, 1.82) is 0 Å². The van der Waals surface area contributed by atoms with Gasteiger partial charge in [0.2, 0.25) is 6.33 Å². The summed E-state index contributed by atoms with van der Waals surface area (Å²) >= 11 is 0. The molecular formula is C13H13N3O5. The lowest BCUT2D eigenvalue weighted by Gasteiger charge is -2.26. The van der Waals surface area contributed by atoms with E-state index in [0.717, 1.165) is 12.5 Å². The number of carboxylic acid groups (broad SMARTS) is 1. The van der Waals surface area contributed by atoms with Gasteiger partial charge >= 0.3 is 11.8 Å². The summed E-state index contributed by atoms with van der Waals surface area (Å²) in [6.07, 6.45) is 2.23. The maximum atomic E-state index is 11.7. The van der Waals surface area contributed by atoms with Crippen LogP contribution >= 0.6 is 0 Å². The minimum atomic E-state index is -1.51. The summed E-state index contributed by atoms with van der Waals surface area (Å²) in [6, 6.07) is 6.45. The fraction of sp³-hybridized carbons (Fsp3) is 0.231. The van der Waals surface area contributed by atoms with Gasteiger partial charge in [-0.25, -0.2) is 4.79 Å². The van der Waals surface area contributed by atoms with E-state index in [1.807, 2.05) is 0 Å². The number of ether oxygens (including phenoxy) is 1. The molecule has 0 fully saturated rings. The van der Waals surface area contributed by atoms with Crippen molar-refractivity contribution in [3.05, 3.63) is 52.5 Å². The molecule has 8 nitrogen and oxygen atoms in total. The van der Waals surface area contributed by atoms with E-state index in [2.05, 4.69) is 4.98 Å². The molecule has 1 atom stereocenters. The van der Waals surface area contributed by atoms with E-state index >= 15 is 0 Å². The molecule has 0 aliphatic carbocycles. The normalized spacial score (nSPS) is 13.4. The average molecular weight is 291 g/mol. The first-order valence-corrected chi connectivity index (χ1v) is 5.96. The number of imidazole rings is 1. The lowest BCUT2D eigenvalue weighted by molar-refractivity contribution is -0.389. The number of aromatic nitrogens is 2. The molecule has 1 aromatic heterocycles. The van der Waals surface area contributed by atoms with E-state index in [4.69, 9.17) is 4.74 Å². The van der Waals surface area contributed by atoms with Gasteiger partial charge in [0, 0.05) is 0 Å². The summed E-state index contributed by atoms with van der Waals surface area (Å²) in [5, 5.41) is 20.3. The summed E-state index contributed by atoms with van der Waals surface area (Å²) in [5.74, 6) is -0.973. The van der Waals surface area contributed by atoms with Gasteiger partial charge in [-0.3, -0.25) is 4.57 Å². The highest BCUT2D eigenvalue weighted by Gasteiger charge is 2.39. The Morgan fingerprint density at radius 1 is 1.43 bits per heavy atom. The van der Waals surface area contributed by atoms with Gasteiger partial charge in [-0.2, -0.15) is 0 Å². The molecule has 1 heterocycles. The number of methoxy groups -OCH3 is 1. The van der Waals surface area contributed by atoms with Crippen molar-refractivity contribution in [3.63, 3.8) is 0 Å². The van der Waals surface area contributed by atoms with Crippen molar-refractivity contribution in [2.75, 3.05) is 7.11 Å². The minimum absolute atomic E-state index is 0.406. The van der Waals surface area contributed by atoms with E-state index in [1.165, 1.54) is 18.6 Å². The van der Waals surface area contributed by atoms with Crippen molar-refractivity contribution >= 4 is 11.8 Å². The van der Waals surface area contributed by atoms with E-state index in [1.54, 1.807) is 24.3 Å². The Labute approximate surface area is 119 Å². The zero-order chi connectivity index (χ0) is 15.6. The number of carbonyl (C=O) groups is 1. The average Bonchev–Trinajstić information content (AvgIpc) is 2.96. The monoisotopic (exact) mass is 291 g/mol. The van der Waals surface area contributed by atoms with E-state index in [0.29, 0.717) is 11.3 Å². The van der Waals surface area contributed by atoms with Gasteiger partial charge in [-0.1, -0.05) is 12.1 Å². The smallest absolute Gasteiger partial charge is 0.381 e. The van der Waals surface area contributed by atoms with Gasteiger partial charge in [-0.05, 0) is 34.5 Å². The van der Waals surface area contributed by atoms with Crippen molar-refractivity contribution < 1.29 is 19.6 Å². The van der Waals surface area contributed by atoms with Gasteiger partial charge in [0.1, 0.15) is 11.9 Å². The summed E-state index contributed by atoms with van der Waals surface area (Å²) < 4.78 is 6.23. The van der Waals surface area contributed by atoms with Gasteiger partial charge in [0.05, 0.1) is 7.11 Å². The van der Waals surface area contributed by atoms with Crippen molar-refractivity contribution in [3.8, 4) is 5.75 Å². The van der Waals surface area contributed by atoms with Crippen molar-refractivity contribution in [2.45, 2.75) is 12.5 Å². The van der Waals surface area contributed by atoms with Crippen LogP contribution in [0.3, 0.4) is 0 Å². The lowest BCUT2D eigenvalue weighted by atomic mass is 9.92. The molecule has 2 aromatic rings. The maximum absolute atomic E-state index is 11.7. The number of carboxylic acids is 1. The van der Waals surface area contributed by atoms with Crippen molar-refractivity contribution in [1.82, 2.24) is 9.55 Å². The van der Waals surface area contributed by atoms with Crippen LogP contribution in [-0.2, 0) is 10.3 Å². The van der Waals surface area contributed by atoms with Crippen LogP contribution in [0.5, 0.6) is 5.75 Å². The summed E-state index contributed by atoms with van der Waals surface area (Å²) in [5.41, 5.74) is -1.06. The SMILES string of the molecule is COc1ccc([C@](C)(C(=O)O)n2cnc([N+](=O)[O-])c2)cc1. The molecule has 0 amide bonds. The van der Waals surface area contributed by atoms with Crippen LogP contribution in [0, 0.1) is 10.1 Å². The van der Waals surface area contributed by atoms with Crippen LogP contribution in [0.25, 0.3) is 0 Å². The van der Waals surface area contributed by atoms with Crippen LogP contribution in [-0.4, -0.2) is 32.7 Å². The summed E-state index contributed by atoms with van der Waals surface area (Å²) in [4.78, 5) is 25.3. The third-order valence-electron chi connectivity index (χ3n) is 3.34. The standard InChI is InChI=1S/C13H13N3O5/c1-13(12(17)18,9-3-5-10(21-2)6-4-9)15-7-11(14-8-15)16(19)20/h3-8H,1-2H3,(H,17,18)/t13-/m1/s1. The molecule has 1 N–H and O–H groups in total. The topological polar surface area (TPSA) is 107 Å². The van der Waals surface area contributed by atoms with Crippen LogP contribution < -0.4 is 4.74 Å². The third kappa shape index (κ3) is 2.42. The van der Waals surface area contributed by atoms with Crippen molar-refractivity contribution in [2.24, 2.45) is 0 Å². The fourth-order valence-electron chi connectivity index (χ4n) is 1.95. The second-order valence-corrected chi connectivity index (χ2v) is 4.50. The Morgan fingerprint density at radius 2 is 2.05 bits per heavy atom. The van der Waals surface area contributed by atoms with Crippen LogP contribution in [0.4, 0.5) is 5.82 Å². The Morgan fingerprint density at radius 3 is 2.48 bits per heavy atom. The molecule has 2 rings (SSSR count). The number of benzene rings is 1. The first-order chi connectivity index (χ1) is 9.89. The number of hydrogen-bond donors (Lipinski definition) is 1. The Kier molecular flexibility index (Phi) is 3.62. The van der Waals surface area contributed by atoms with Crippen LogP contribution in [0.2, 0.25) is 0 Å². The predicted octanol–water partition coefficient (Wildman–Crippen LogP) is 1.65. The second kappa shape index (κ2) is 5.23. The fourth-order valence-corrected chi connectivity index (χ4v) is 1.95. The molecule has 110 valence electrons. The first-order valence-electron chi connectivity index (χ1n) is 5.96. The molecule has 0 bridgehead atoms. The van der Waals surface area contributed by atoms with Gasteiger partial charge in [0.25, 0.3) is 0 Å². The summed E-state index contributed by atoms with van der Waals surface area (Å²) in [7, 11) is 1.50. The second-order valence-electron chi connectivity index (χ2n) is 4.50.